The fourth-order valence-electron chi connectivity index (χ4n) is 2.33. The Labute approximate surface area is 122 Å². The predicted molar refractivity (Wildman–Crippen MR) is 74.6 cm³/mol. The van der Waals surface area contributed by atoms with Crippen LogP contribution in [0.5, 0.6) is 0 Å². The molecule has 0 aliphatic carbocycles. The lowest BCUT2D eigenvalue weighted by Gasteiger charge is -2.31. The Kier molecular flexibility index (Phi) is 3.66. The Morgan fingerprint density at radius 1 is 1.38 bits per heavy atom. The van der Waals surface area contributed by atoms with Gasteiger partial charge in [0.2, 0.25) is 0 Å². The average molecular weight is 287 g/mol. The molecule has 2 aromatic heterocycles. The number of rotatable bonds is 2. The minimum atomic E-state index is -0.289. The first-order valence-corrected chi connectivity index (χ1v) is 6.83. The lowest BCUT2D eigenvalue weighted by molar-refractivity contribution is -0.0273. The van der Waals surface area contributed by atoms with Crippen LogP contribution in [0.2, 0.25) is 0 Å². The van der Waals surface area contributed by atoms with Gasteiger partial charge in [-0.1, -0.05) is 0 Å². The number of hydrogen-bond acceptors (Lipinski definition) is 5. The van der Waals surface area contributed by atoms with Crippen LogP contribution in [0.3, 0.4) is 0 Å². The molecule has 2 aromatic rings. The number of amides is 1. The number of ether oxygens (including phenoxy) is 1. The average Bonchev–Trinajstić information content (AvgIpc) is 2.93. The highest BCUT2D eigenvalue weighted by atomic mass is 16.5. The van der Waals surface area contributed by atoms with Gasteiger partial charge in [0, 0.05) is 37.9 Å². The van der Waals surface area contributed by atoms with Gasteiger partial charge in [-0.3, -0.25) is 4.79 Å². The van der Waals surface area contributed by atoms with E-state index in [1.165, 1.54) is 0 Å². The molecule has 1 unspecified atom stereocenters. The number of morpholine rings is 1. The molecule has 3 rings (SSSR count). The van der Waals surface area contributed by atoms with Gasteiger partial charge in [-0.2, -0.15) is 0 Å². The summed E-state index contributed by atoms with van der Waals surface area (Å²) in [6, 6.07) is 1.84. The molecule has 0 saturated carbocycles. The van der Waals surface area contributed by atoms with Gasteiger partial charge in [0.05, 0.1) is 13.2 Å². The summed E-state index contributed by atoms with van der Waals surface area (Å²) in [7, 11) is 1.81. The van der Waals surface area contributed by atoms with E-state index in [9.17, 15) is 4.79 Å². The molecule has 1 fully saturated rings. The molecule has 0 bridgehead atoms. The number of nitrogens with zero attached hydrogens (tertiary/aromatic N) is 5. The zero-order chi connectivity index (χ0) is 14.8. The van der Waals surface area contributed by atoms with Gasteiger partial charge in [-0.05, 0) is 13.0 Å². The number of aromatic nitrogens is 4. The summed E-state index contributed by atoms with van der Waals surface area (Å²) in [4.78, 5) is 26.9. The fourth-order valence-corrected chi connectivity index (χ4v) is 2.33. The Hall–Kier alpha value is -2.28. The van der Waals surface area contributed by atoms with Gasteiger partial charge in [-0.25, -0.2) is 15.0 Å². The van der Waals surface area contributed by atoms with Crippen molar-refractivity contribution >= 4 is 5.91 Å². The molecule has 110 valence electrons. The lowest BCUT2D eigenvalue weighted by Crippen LogP contribution is -2.43. The summed E-state index contributed by atoms with van der Waals surface area (Å²) < 4.78 is 7.42. The van der Waals surface area contributed by atoms with E-state index in [1.807, 2.05) is 20.0 Å². The Bertz CT molecular complexity index is 654. The van der Waals surface area contributed by atoms with E-state index in [2.05, 4.69) is 15.0 Å². The molecular formula is C14H17N5O2. The van der Waals surface area contributed by atoms with Gasteiger partial charge in [0.15, 0.2) is 11.6 Å². The van der Waals surface area contributed by atoms with E-state index < -0.39 is 0 Å². The second-order valence-corrected chi connectivity index (χ2v) is 5.03. The molecule has 0 spiro atoms. The molecule has 1 saturated heterocycles. The van der Waals surface area contributed by atoms with Crippen LogP contribution in [0.4, 0.5) is 0 Å². The normalized spacial score (nSPS) is 18.8. The highest BCUT2D eigenvalue weighted by Gasteiger charge is 2.29. The molecule has 3 heterocycles. The molecule has 21 heavy (non-hydrogen) atoms. The number of carbonyl (C=O) groups is 1. The molecule has 0 N–H and O–H groups in total. The van der Waals surface area contributed by atoms with Crippen LogP contribution in [0, 0.1) is 6.92 Å². The van der Waals surface area contributed by atoms with Crippen LogP contribution in [-0.2, 0) is 11.8 Å². The van der Waals surface area contributed by atoms with E-state index in [-0.39, 0.29) is 12.0 Å². The molecule has 1 amide bonds. The van der Waals surface area contributed by atoms with Crippen LogP contribution >= 0.6 is 0 Å². The zero-order valence-corrected chi connectivity index (χ0v) is 12.1. The van der Waals surface area contributed by atoms with E-state index in [1.54, 1.807) is 28.1 Å². The third-order valence-electron chi connectivity index (χ3n) is 3.47. The minimum absolute atomic E-state index is 0.0940. The van der Waals surface area contributed by atoms with E-state index in [0.717, 1.165) is 5.69 Å². The van der Waals surface area contributed by atoms with Gasteiger partial charge >= 0.3 is 0 Å². The number of hydrogen-bond donors (Lipinski definition) is 0. The standard InChI is InChI=1S/C14H17N5O2/c1-10-3-4-15-12(17-10)11-9-19(7-8-21-11)14(20)13-16-5-6-18(13)2/h3-6,11H,7-9H2,1-2H3. The molecule has 0 aromatic carbocycles. The maximum absolute atomic E-state index is 12.5. The smallest absolute Gasteiger partial charge is 0.290 e. The summed E-state index contributed by atoms with van der Waals surface area (Å²) in [5.41, 5.74) is 0.885. The van der Waals surface area contributed by atoms with Crippen molar-refractivity contribution in [2.45, 2.75) is 13.0 Å². The summed E-state index contributed by atoms with van der Waals surface area (Å²) in [6.45, 7) is 3.37. The highest BCUT2D eigenvalue weighted by Crippen LogP contribution is 2.20. The first-order valence-electron chi connectivity index (χ1n) is 6.83. The van der Waals surface area contributed by atoms with Crippen LogP contribution in [0.15, 0.2) is 24.7 Å². The van der Waals surface area contributed by atoms with Gasteiger partial charge < -0.3 is 14.2 Å². The summed E-state index contributed by atoms with van der Waals surface area (Å²) >= 11 is 0. The van der Waals surface area contributed by atoms with Crippen molar-refractivity contribution in [1.29, 1.82) is 0 Å². The van der Waals surface area contributed by atoms with Gasteiger partial charge in [-0.15, -0.1) is 0 Å². The highest BCUT2D eigenvalue weighted by molar-refractivity contribution is 5.90. The van der Waals surface area contributed by atoms with E-state index in [0.29, 0.717) is 31.3 Å². The van der Waals surface area contributed by atoms with Crippen molar-refractivity contribution in [3.63, 3.8) is 0 Å². The van der Waals surface area contributed by atoms with Crippen LogP contribution in [-0.4, -0.2) is 50.0 Å². The first-order chi connectivity index (χ1) is 10.1. The largest absolute Gasteiger partial charge is 0.367 e. The zero-order valence-electron chi connectivity index (χ0n) is 12.1. The van der Waals surface area contributed by atoms with Crippen molar-refractivity contribution in [3.8, 4) is 0 Å². The summed E-state index contributed by atoms with van der Waals surface area (Å²) in [6.07, 6.45) is 4.80. The molecule has 1 atom stereocenters. The molecular weight excluding hydrogens is 270 g/mol. The SMILES string of the molecule is Cc1ccnc(C2CN(C(=O)c3nccn3C)CCO2)n1. The van der Waals surface area contributed by atoms with Crippen LogP contribution < -0.4 is 0 Å². The second-order valence-electron chi connectivity index (χ2n) is 5.03. The summed E-state index contributed by atoms with van der Waals surface area (Å²) in [5, 5.41) is 0. The second kappa shape index (κ2) is 5.61. The molecule has 1 aliphatic heterocycles. The molecule has 1 aliphatic rings. The number of aryl methyl sites for hydroxylation is 2. The Morgan fingerprint density at radius 2 is 2.24 bits per heavy atom. The van der Waals surface area contributed by atoms with E-state index >= 15 is 0 Å². The maximum Gasteiger partial charge on any atom is 0.290 e. The number of carbonyl (C=O) groups excluding carboxylic acids is 1. The molecule has 7 heteroatoms. The topological polar surface area (TPSA) is 73.1 Å². The molecule has 0 radical (unpaired) electrons. The first kappa shape index (κ1) is 13.7. The van der Waals surface area contributed by atoms with E-state index in [4.69, 9.17) is 4.74 Å². The minimum Gasteiger partial charge on any atom is -0.367 e. The number of imidazole rings is 1. The third-order valence-corrected chi connectivity index (χ3v) is 3.47. The fraction of sp³-hybridized carbons (Fsp3) is 0.429. The van der Waals surface area contributed by atoms with Crippen molar-refractivity contribution < 1.29 is 9.53 Å². The lowest BCUT2D eigenvalue weighted by atomic mass is 10.2. The predicted octanol–water partition coefficient (Wildman–Crippen LogP) is 0.732. The monoisotopic (exact) mass is 287 g/mol. The summed E-state index contributed by atoms with van der Waals surface area (Å²) in [5.74, 6) is 0.955. The van der Waals surface area contributed by atoms with Crippen molar-refractivity contribution in [2.24, 2.45) is 7.05 Å². The van der Waals surface area contributed by atoms with Crippen molar-refractivity contribution in [3.05, 3.63) is 42.0 Å². The quantitative estimate of drug-likeness (QED) is 0.814. The third kappa shape index (κ3) is 2.78. The molecule has 7 nitrogen and oxygen atoms in total. The van der Waals surface area contributed by atoms with Crippen molar-refractivity contribution in [1.82, 2.24) is 24.4 Å². The Balaban J connectivity index is 1.77. The van der Waals surface area contributed by atoms with Gasteiger partial charge in [0.25, 0.3) is 5.91 Å². The van der Waals surface area contributed by atoms with Crippen LogP contribution in [0.25, 0.3) is 0 Å². The van der Waals surface area contributed by atoms with Crippen LogP contribution in [0.1, 0.15) is 28.2 Å². The Morgan fingerprint density at radius 3 is 2.95 bits per heavy atom. The maximum atomic E-state index is 12.5. The van der Waals surface area contributed by atoms with Gasteiger partial charge in [0.1, 0.15) is 6.10 Å². The van der Waals surface area contributed by atoms with Crippen molar-refractivity contribution in [2.75, 3.05) is 19.7 Å².